The van der Waals surface area contributed by atoms with Crippen LogP contribution in [0.15, 0.2) is 52.3 Å². The maximum atomic E-state index is 13.0. The maximum Gasteiger partial charge on any atom is 0.253 e. The monoisotopic (exact) mass is 416 g/mol. The van der Waals surface area contributed by atoms with Gasteiger partial charge in [-0.3, -0.25) is 9.59 Å². The summed E-state index contributed by atoms with van der Waals surface area (Å²) in [6.45, 7) is 7.40. The third-order valence-corrected chi connectivity index (χ3v) is 6.07. The molecule has 6 heteroatoms. The summed E-state index contributed by atoms with van der Waals surface area (Å²) in [5, 5.41) is 3.54. The van der Waals surface area contributed by atoms with E-state index < -0.39 is 0 Å². The highest BCUT2D eigenvalue weighted by Crippen LogP contribution is 2.35. The van der Waals surface area contributed by atoms with Crippen LogP contribution in [0.5, 0.6) is 0 Å². The number of halogens is 1. The van der Waals surface area contributed by atoms with E-state index in [1.54, 1.807) is 6.07 Å². The van der Waals surface area contributed by atoms with Crippen LogP contribution in [-0.2, 0) is 4.79 Å². The van der Waals surface area contributed by atoms with Gasteiger partial charge in [0.15, 0.2) is 0 Å². The van der Waals surface area contributed by atoms with Crippen LogP contribution in [0.25, 0.3) is 0 Å². The molecule has 0 aromatic heterocycles. The summed E-state index contributed by atoms with van der Waals surface area (Å²) in [6.07, 6.45) is 1.15. The molecule has 0 saturated carbocycles. The Morgan fingerprint density at radius 2 is 1.71 bits per heavy atom. The summed E-state index contributed by atoms with van der Waals surface area (Å²) in [6, 6.07) is 13.0. The van der Waals surface area contributed by atoms with Crippen LogP contribution < -0.4 is 5.32 Å². The van der Waals surface area contributed by atoms with Crippen molar-refractivity contribution in [2.45, 2.75) is 37.0 Å². The molecule has 2 atom stereocenters. The van der Waals surface area contributed by atoms with Crippen LogP contribution in [0.2, 0.25) is 5.02 Å². The zero-order chi connectivity index (χ0) is 20.3. The molecule has 1 aliphatic rings. The third-order valence-electron chi connectivity index (χ3n) is 4.73. The van der Waals surface area contributed by atoms with E-state index in [0.29, 0.717) is 28.1 Å². The number of carbonyl (C=O) groups is 2. The molecule has 4 nitrogen and oxygen atoms in total. The van der Waals surface area contributed by atoms with E-state index in [1.807, 2.05) is 41.3 Å². The Hall–Kier alpha value is -1.98. The molecule has 28 heavy (non-hydrogen) atoms. The molecule has 3 rings (SSSR count). The summed E-state index contributed by atoms with van der Waals surface area (Å²) < 4.78 is 0. The van der Waals surface area contributed by atoms with E-state index in [9.17, 15) is 9.59 Å². The van der Waals surface area contributed by atoms with Gasteiger partial charge in [0.1, 0.15) is 0 Å². The number of nitrogens with one attached hydrogen (secondary N) is 1. The van der Waals surface area contributed by atoms with Crippen LogP contribution in [0, 0.1) is 11.8 Å². The van der Waals surface area contributed by atoms with Crippen molar-refractivity contribution >= 4 is 40.9 Å². The van der Waals surface area contributed by atoms with Crippen molar-refractivity contribution in [2.75, 3.05) is 18.4 Å². The van der Waals surface area contributed by atoms with Gasteiger partial charge in [-0.1, -0.05) is 37.2 Å². The normalized spacial score (nSPS) is 19.4. The van der Waals surface area contributed by atoms with Gasteiger partial charge in [-0.15, -0.1) is 0 Å². The molecule has 1 aliphatic heterocycles. The maximum absolute atomic E-state index is 13.0. The number of anilines is 1. The average Bonchev–Trinajstić information content (AvgIpc) is 2.63. The Bertz CT molecular complexity index is 859. The Kier molecular flexibility index (Phi) is 6.68. The predicted molar refractivity (Wildman–Crippen MR) is 115 cm³/mol. The summed E-state index contributed by atoms with van der Waals surface area (Å²) >= 11 is 7.48. The molecule has 1 fully saturated rings. The van der Waals surface area contributed by atoms with Gasteiger partial charge in [-0.2, -0.15) is 0 Å². The Morgan fingerprint density at radius 1 is 1.07 bits per heavy atom. The van der Waals surface area contributed by atoms with E-state index >= 15 is 0 Å². The van der Waals surface area contributed by atoms with Gasteiger partial charge in [0, 0.05) is 40.4 Å². The SMILES string of the molecule is CC(=O)Nc1cc(C(=O)N2C[C@H](C)C[C@H](C)C2)ccc1Sc1ccc(Cl)cc1. The number of hydrogen-bond donors (Lipinski definition) is 1. The molecule has 2 aromatic rings. The number of nitrogens with zero attached hydrogens (tertiary/aromatic N) is 1. The molecule has 0 radical (unpaired) electrons. The summed E-state index contributed by atoms with van der Waals surface area (Å²) in [5.41, 5.74) is 1.25. The van der Waals surface area contributed by atoms with Gasteiger partial charge in [0.2, 0.25) is 5.91 Å². The highest BCUT2D eigenvalue weighted by Gasteiger charge is 2.26. The first-order chi connectivity index (χ1) is 13.3. The van der Waals surface area contributed by atoms with Crippen LogP contribution >= 0.6 is 23.4 Å². The first-order valence-electron chi connectivity index (χ1n) is 9.46. The second-order valence-corrected chi connectivity index (χ2v) is 9.16. The lowest BCUT2D eigenvalue weighted by atomic mass is 9.91. The van der Waals surface area contributed by atoms with E-state index in [4.69, 9.17) is 11.6 Å². The van der Waals surface area contributed by atoms with E-state index in [0.717, 1.165) is 29.3 Å². The van der Waals surface area contributed by atoms with E-state index in [1.165, 1.54) is 18.7 Å². The lowest BCUT2D eigenvalue weighted by Crippen LogP contribution is -2.42. The largest absolute Gasteiger partial charge is 0.338 e. The van der Waals surface area contributed by atoms with Gasteiger partial charge in [-0.25, -0.2) is 0 Å². The van der Waals surface area contributed by atoms with Crippen LogP contribution in [0.4, 0.5) is 5.69 Å². The number of likely N-dealkylation sites (tertiary alicyclic amines) is 1. The van der Waals surface area contributed by atoms with Gasteiger partial charge < -0.3 is 10.2 Å². The predicted octanol–water partition coefficient (Wildman–Crippen LogP) is 5.57. The molecule has 0 unspecified atom stereocenters. The fraction of sp³-hybridized carbons (Fsp3) is 0.364. The molecule has 148 valence electrons. The second kappa shape index (κ2) is 9.01. The molecular formula is C22H25ClN2O2S. The van der Waals surface area contributed by atoms with Gasteiger partial charge in [0.25, 0.3) is 5.91 Å². The number of piperidine rings is 1. The molecule has 2 amide bonds. The van der Waals surface area contributed by atoms with Crippen LogP contribution in [0.1, 0.15) is 37.6 Å². The lowest BCUT2D eigenvalue weighted by molar-refractivity contribution is -0.114. The quantitative estimate of drug-likeness (QED) is 0.708. The lowest BCUT2D eigenvalue weighted by Gasteiger charge is -2.35. The highest BCUT2D eigenvalue weighted by atomic mass is 35.5. The summed E-state index contributed by atoms with van der Waals surface area (Å²) in [4.78, 5) is 28.5. The minimum absolute atomic E-state index is 0.0213. The number of rotatable bonds is 4. The van der Waals surface area contributed by atoms with Crippen molar-refractivity contribution in [3.63, 3.8) is 0 Å². The highest BCUT2D eigenvalue weighted by molar-refractivity contribution is 7.99. The topological polar surface area (TPSA) is 49.4 Å². The minimum Gasteiger partial charge on any atom is -0.338 e. The van der Waals surface area contributed by atoms with Crippen molar-refractivity contribution in [1.82, 2.24) is 4.90 Å². The summed E-state index contributed by atoms with van der Waals surface area (Å²) in [5.74, 6) is 0.861. The van der Waals surface area contributed by atoms with E-state index in [2.05, 4.69) is 19.2 Å². The van der Waals surface area contributed by atoms with Gasteiger partial charge in [0.05, 0.1) is 5.69 Å². The van der Waals surface area contributed by atoms with Crippen molar-refractivity contribution in [3.05, 3.63) is 53.1 Å². The molecule has 1 heterocycles. The van der Waals surface area contributed by atoms with Crippen molar-refractivity contribution in [3.8, 4) is 0 Å². The molecule has 0 spiro atoms. The van der Waals surface area contributed by atoms with Crippen LogP contribution in [-0.4, -0.2) is 29.8 Å². The molecular weight excluding hydrogens is 392 g/mol. The molecule has 0 bridgehead atoms. The smallest absolute Gasteiger partial charge is 0.253 e. The molecule has 2 aromatic carbocycles. The number of hydrogen-bond acceptors (Lipinski definition) is 3. The third kappa shape index (κ3) is 5.30. The number of amides is 2. The zero-order valence-corrected chi connectivity index (χ0v) is 17.9. The number of benzene rings is 2. The molecule has 0 aliphatic carbocycles. The Labute approximate surface area is 175 Å². The second-order valence-electron chi connectivity index (χ2n) is 7.60. The van der Waals surface area contributed by atoms with Gasteiger partial charge in [-0.05, 0) is 60.7 Å². The molecule has 1 N–H and O–H groups in total. The number of carbonyl (C=O) groups excluding carboxylic acids is 2. The molecule has 1 saturated heterocycles. The minimum atomic E-state index is -0.164. The van der Waals surface area contributed by atoms with Crippen molar-refractivity contribution in [2.24, 2.45) is 11.8 Å². The van der Waals surface area contributed by atoms with Crippen molar-refractivity contribution < 1.29 is 9.59 Å². The van der Waals surface area contributed by atoms with Crippen LogP contribution in [0.3, 0.4) is 0 Å². The Morgan fingerprint density at radius 3 is 2.32 bits per heavy atom. The Balaban J connectivity index is 1.86. The zero-order valence-electron chi connectivity index (χ0n) is 16.4. The van der Waals surface area contributed by atoms with E-state index in [-0.39, 0.29) is 11.8 Å². The van der Waals surface area contributed by atoms with Crippen molar-refractivity contribution in [1.29, 1.82) is 0 Å². The fourth-order valence-corrected chi connectivity index (χ4v) is 4.69. The first-order valence-corrected chi connectivity index (χ1v) is 10.7. The summed E-state index contributed by atoms with van der Waals surface area (Å²) in [7, 11) is 0. The standard InChI is InChI=1S/C22H25ClN2O2S/c1-14-10-15(2)13-25(12-14)22(27)17-4-9-21(20(11-17)24-16(3)26)28-19-7-5-18(23)6-8-19/h4-9,11,14-15H,10,12-13H2,1-3H3,(H,24,26)/t14-,15+. The van der Waals surface area contributed by atoms with Gasteiger partial charge >= 0.3 is 0 Å². The average molecular weight is 417 g/mol. The fourth-order valence-electron chi connectivity index (χ4n) is 3.68. The first kappa shape index (κ1) is 20.7.